The molecule has 0 saturated carbocycles. The van der Waals surface area contributed by atoms with E-state index in [1.807, 2.05) is 24.3 Å². The van der Waals surface area contributed by atoms with Crippen LogP contribution >= 0.6 is 0 Å². The maximum absolute atomic E-state index is 15.0. The molecular formula is C24H15FN8O. The van der Waals surface area contributed by atoms with Crippen LogP contribution in [0, 0.1) is 17.1 Å². The van der Waals surface area contributed by atoms with Crippen molar-refractivity contribution in [3.8, 4) is 23.0 Å². The number of aromatic nitrogens is 7. The SMILES string of the molecule is N#Cc1ccc(Cn2nccc2-c2cc(F)c3nnn(-c4ccc5[nH]c(=O)[nH]c5c4)c3c2)cc1. The molecule has 2 N–H and O–H groups in total. The third kappa shape index (κ3) is 3.23. The van der Waals surface area contributed by atoms with Gasteiger partial charge >= 0.3 is 5.69 Å². The number of nitriles is 1. The topological polar surface area (TPSA) is 121 Å². The van der Waals surface area contributed by atoms with Crippen LogP contribution in [0.15, 0.2) is 71.7 Å². The van der Waals surface area contributed by atoms with E-state index in [1.54, 1.807) is 41.2 Å². The fraction of sp³-hybridized carbons (Fsp3) is 0.0417. The molecule has 0 aliphatic heterocycles. The summed E-state index contributed by atoms with van der Waals surface area (Å²) in [4.78, 5) is 17.0. The number of halogens is 1. The maximum atomic E-state index is 15.0. The fourth-order valence-corrected chi connectivity index (χ4v) is 4.04. The van der Waals surface area contributed by atoms with Crippen molar-refractivity contribution in [1.82, 2.24) is 34.7 Å². The van der Waals surface area contributed by atoms with Gasteiger partial charge in [0.05, 0.1) is 46.1 Å². The highest BCUT2D eigenvalue weighted by atomic mass is 19.1. The van der Waals surface area contributed by atoms with E-state index in [0.717, 1.165) is 11.3 Å². The minimum absolute atomic E-state index is 0.143. The van der Waals surface area contributed by atoms with Crippen LogP contribution in [0.2, 0.25) is 0 Å². The third-order valence-electron chi connectivity index (χ3n) is 5.68. The van der Waals surface area contributed by atoms with Gasteiger partial charge in [-0.15, -0.1) is 5.10 Å². The Balaban J connectivity index is 1.43. The van der Waals surface area contributed by atoms with Crippen molar-refractivity contribution in [2.24, 2.45) is 0 Å². The molecule has 3 aromatic carbocycles. The monoisotopic (exact) mass is 450 g/mol. The van der Waals surface area contributed by atoms with Gasteiger partial charge in [-0.25, -0.2) is 13.9 Å². The molecule has 0 fully saturated rings. The minimum atomic E-state index is -0.499. The number of rotatable bonds is 4. The molecule has 0 saturated heterocycles. The van der Waals surface area contributed by atoms with Crippen molar-refractivity contribution < 1.29 is 4.39 Å². The van der Waals surface area contributed by atoms with Crippen molar-refractivity contribution in [3.05, 3.63) is 94.3 Å². The van der Waals surface area contributed by atoms with Gasteiger partial charge in [-0.3, -0.25) is 4.68 Å². The average molecular weight is 450 g/mol. The number of imidazole rings is 1. The highest BCUT2D eigenvalue weighted by Crippen LogP contribution is 2.28. The lowest BCUT2D eigenvalue weighted by Crippen LogP contribution is -2.04. The molecule has 0 spiro atoms. The Morgan fingerprint density at radius 1 is 1.00 bits per heavy atom. The second-order valence-corrected chi connectivity index (χ2v) is 7.82. The molecule has 3 heterocycles. The zero-order valence-electron chi connectivity index (χ0n) is 17.5. The number of nitrogens with zero attached hydrogens (tertiary/aromatic N) is 6. The summed E-state index contributed by atoms with van der Waals surface area (Å²) in [5.74, 6) is -0.499. The summed E-state index contributed by atoms with van der Waals surface area (Å²) < 4.78 is 18.3. The quantitative estimate of drug-likeness (QED) is 0.426. The molecule has 10 heteroatoms. The number of hydrogen-bond donors (Lipinski definition) is 2. The standard InChI is InChI=1S/C24H15FN8O/c25-18-9-16(21-7-8-27-32(21)13-15-3-1-14(12-26)2-4-15)10-22-23(18)30-31-33(22)17-5-6-19-20(11-17)29-24(34)28-19/h1-11H,13H2,(H2,28,29,34). The number of H-pyrrole nitrogens is 2. The molecule has 9 nitrogen and oxygen atoms in total. The summed E-state index contributed by atoms with van der Waals surface area (Å²) in [5, 5.41) is 21.6. The third-order valence-corrected chi connectivity index (χ3v) is 5.68. The summed E-state index contributed by atoms with van der Waals surface area (Å²) in [6, 6.07) is 19.7. The lowest BCUT2D eigenvalue weighted by Gasteiger charge is -2.09. The molecule has 0 unspecified atom stereocenters. The average Bonchev–Trinajstić information content (AvgIpc) is 3.56. The van der Waals surface area contributed by atoms with Gasteiger partial charge in [0, 0.05) is 11.8 Å². The predicted molar refractivity (Wildman–Crippen MR) is 123 cm³/mol. The van der Waals surface area contributed by atoms with Crippen LogP contribution in [0.1, 0.15) is 11.1 Å². The van der Waals surface area contributed by atoms with Crippen molar-refractivity contribution in [2.45, 2.75) is 6.54 Å². The molecule has 0 aliphatic rings. The first-order valence-electron chi connectivity index (χ1n) is 10.4. The molecule has 0 aliphatic carbocycles. The number of hydrogen-bond acceptors (Lipinski definition) is 5. The summed E-state index contributed by atoms with van der Waals surface area (Å²) in [6.07, 6.45) is 1.66. The molecule has 0 radical (unpaired) electrons. The van der Waals surface area contributed by atoms with Gasteiger partial charge in [-0.2, -0.15) is 10.4 Å². The molecule has 6 aromatic rings. The van der Waals surface area contributed by atoms with Gasteiger partial charge in [-0.05, 0) is 54.1 Å². The number of nitrogens with one attached hydrogen (secondary N) is 2. The lowest BCUT2D eigenvalue weighted by atomic mass is 10.1. The van der Waals surface area contributed by atoms with Crippen molar-refractivity contribution in [2.75, 3.05) is 0 Å². The number of fused-ring (bicyclic) bond motifs is 2. The Morgan fingerprint density at radius 2 is 1.82 bits per heavy atom. The van der Waals surface area contributed by atoms with Crippen LogP contribution in [0.3, 0.4) is 0 Å². The van der Waals surface area contributed by atoms with Crippen LogP contribution < -0.4 is 5.69 Å². The van der Waals surface area contributed by atoms with Crippen LogP contribution in [-0.4, -0.2) is 34.7 Å². The van der Waals surface area contributed by atoms with Crippen LogP contribution in [0.25, 0.3) is 39.0 Å². The first kappa shape index (κ1) is 19.6. The Morgan fingerprint density at radius 3 is 2.65 bits per heavy atom. The Bertz CT molecular complexity index is 1780. The summed E-state index contributed by atoms with van der Waals surface area (Å²) in [6.45, 7) is 0.461. The van der Waals surface area contributed by atoms with Gasteiger partial charge < -0.3 is 9.97 Å². The summed E-state index contributed by atoms with van der Waals surface area (Å²) in [5.41, 5.74) is 5.13. The fourth-order valence-electron chi connectivity index (χ4n) is 4.04. The highest BCUT2D eigenvalue weighted by molar-refractivity contribution is 5.84. The van der Waals surface area contributed by atoms with Gasteiger partial charge in [0.15, 0.2) is 5.82 Å². The smallest absolute Gasteiger partial charge is 0.306 e. The summed E-state index contributed by atoms with van der Waals surface area (Å²) >= 11 is 0. The van der Waals surface area contributed by atoms with E-state index in [9.17, 15) is 4.79 Å². The second-order valence-electron chi connectivity index (χ2n) is 7.82. The largest absolute Gasteiger partial charge is 0.323 e. The van der Waals surface area contributed by atoms with Crippen LogP contribution in [-0.2, 0) is 6.54 Å². The van der Waals surface area contributed by atoms with Crippen LogP contribution in [0.4, 0.5) is 4.39 Å². The molecule has 34 heavy (non-hydrogen) atoms. The first-order valence-corrected chi connectivity index (χ1v) is 10.4. The number of benzene rings is 3. The molecule has 0 amide bonds. The van der Waals surface area contributed by atoms with E-state index in [4.69, 9.17) is 5.26 Å². The molecular weight excluding hydrogens is 435 g/mol. The van der Waals surface area contributed by atoms with E-state index < -0.39 is 5.82 Å². The van der Waals surface area contributed by atoms with Crippen molar-refractivity contribution >= 4 is 22.1 Å². The highest BCUT2D eigenvalue weighted by Gasteiger charge is 2.16. The van der Waals surface area contributed by atoms with E-state index in [-0.39, 0.29) is 11.2 Å². The van der Waals surface area contributed by atoms with Crippen molar-refractivity contribution in [1.29, 1.82) is 5.26 Å². The zero-order chi connectivity index (χ0) is 23.2. The lowest BCUT2D eigenvalue weighted by molar-refractivity contribution is 0.635. The zero-order valence-corrected chi connectivity index (χ0v) is 17.5. The van der Waals surface area contributed by atoms with Crippen molar-refractivity contribution in [3.63, 3.8) is 0 Å². The molecule has 0 atom stereocenters. The normalized spacial score (nSPS) is 11.3. The molecule has 0 bridgehead atoms. The Kier molecular flexibility index (Phi) is 4.35. The van der Waals surface area contributed by atoms with Gasteiger partial charge in [0.25, 0.3) is 0 Å². The van der Waals surface area contributed by atoms with Crippen LogP contribution in [0.5, 0.6) is 0 Å². The van der Waals surface area contributed by atoms with Gasteiger partial charge in [0.2, 0.25) is 0 Å². The van der Waals surface area contributed by atoms with E-state index in [0.29, 0.717) is 39.9 Å². The molecule has 3 aromatic heterocycles. The van der Waals surface area contributed by atoms with E-state index >= 15 is 4.39 Å². The Hall–Kier alpha value is -5.04. The van der Waals surface area contributed by atoms with E-state index in [1.165, 1.54) is 10.7 Å². The second kappa shape index (κ2) is 7.53. The summed E-state index contributed by atoms with van der Waals surface area (Å²) in [7, 11) is 0. The Labute approximate surface area is 190 Å². The van der Waals surface area contributed by atoms with E-state index in [2.05, 4.69) is 31.4 Å². The minimum Gasteiger partial charge on any atom is -0.306 e. The van der Waals surface area contributed by atoms with Gasteiger partial charge in [-0.1, -0.05) is 17.3 Å². The predicted octanol–water partition coefficient (Wildman–Crippen LogP) is 3.51. The number of aromatic amines is 2. The maximum Gasteiger partial charge on any atom is 0.323 e. The first-order chi connectivity index (χ1) is 16.6. The molecule has 6 rings (SSSR count). The van der Waals surface area contributed by atoms with Gasteiger partial charge in [0.1, 0.15) is 5.52 Å². The molecule has 164 valence electrons.